The number of ketones is 1. The molecule has 5 nitrogen and oxygen atoms in total. The number of carbonyl (C=O) groups excluding carboxylic acids is 1. The summed E-state index contributed by atoms with van der Waals surface area (Å²) in [6.45, 7) is 3.63. The van der Waals surface area contributed by atoms with Gasteiger partial charge in [-0.3, -0.25) is 4.79 Å². The minimum absolute atomic E-state index is 0.0690. The zero-order valence-corrected chi connectivity index (χ0v) is 11.4. The van der Waals surface area contributed by atoms with Crippen LogP contribution in [0, 0.1) is 5.92 Å². The summed E-state index contributed by atoms with van der Waals surface area (Å²) in [6.07, 6.45) is 2.01. The first-order chi connectivity index (χ1) is 9.08. The molecule has 6 heteroatoms. The average molecular weight is 280 g/mol. The van der Waals surface area contributed by atoms with Gasteiger partial charge in [-0.2, -0.15) is 5.10 Å². The quantitative estimate of drug-likeness (QED) is 0.844. The lowest BCUT2D eigenvalue weighted by molar-refractivity contribution is -0.133. The molecule has 0 fully saturated rings. The minimum atomic E-state index is -0.816. The van der Waals surface area contributed by atoms with Crippen LogP contribution in [0.1, 0.15) is 20.1 Å². The number of ether oxygens (including phenoxy) is 1. The van der Waals surface area contributed by atoms with Crippen LogP contribution in [0.4, 0.5) is 0 Å². The van der Waals surface area contributed by atoms with Crippen molar-refractivity contribution in [2.75, 3.05) is 0 Å². The normalized spacial score (nSPS) is 12.4. The van der Waals surface area contributed by atoms with E-state index in [0.717, 1.165) is 0 Å². The maximum Gasteiger partial charge on any atom is 0.251 e. The summed E-state index contributed by atoms with van der Waals surface area (Å²) >= 11 is 5.81. The summed E-state index contributed by atoms with van der Waals surface area (Å²) in [7, 11) is 0. The van der Waals surface area contributed by atoms with Crippen molar-refractivity contribution in [2.24, 2.45) is 5.92 Å². The van der Waals surface area contributed by atoms with Crippen molar-refractivity contribution >= 4 is 17.4 Å². The van der Waals surface area contributed by atoms with Crippen LogP contribution in [0.25, 0.3) is 0 Å². The van der Waals surface area contributed by atoms with Gasteiger partial charge in [-0.1, -0.05) is 25.4 Å². The molecule has 0 radical (unpaired) electrons. The van der Waals surface area contributed by atoms with Crippen molar-refractivity contribution < 1.29 is 9.53 Å². The number of halogens is 1. The fraction of sp³-hybridized carbons (Fsp3) is 0.308. The lowest BCUT2D eigenvalue weighted by Crippen LogP contribution is -2.29. The van der Waals surface area contributed by atoms with Crippen molar-refractivity contribution in [1.82, 2.24) is 14.8 Å². The molecule has 2 aromatic rings. The summed E-state index contributed by atoms with van der Waals surface area (Å²) < 4.78 is 7.09. The van der Waals surface area contributed by atoms with E-state index in [1.165, 1.54) is 17.3 Å². The highest BCUT2D eigenvalue weighted by atomic mass is 35.5. The van der Waals surface area contributed by atoms with Gasteiger partial charge in [0.1, 0.15) is 18.4 Å². The van der Waals surface area contributed by atoms with Crippen LogP contribution in [0.5, 0.6) is 5.75 Å². The first-order valence-corrected chi connectivity index (χ1v) is 6.26. The monoisotopic (exact) mass is 279 g/mol. The summed E-state index contributed by atoms with van der Waals surface area (Å²) in [5, 5.41) is 4.58. The molecule has 1 heterocycles. The second kappa shape index (κ2) is 5.84. The van der Waals surface area contributed by atoms with Crippen molar-refractivity contribution in [3.63, 3.8) is 0 Å². The van der Waals surface area contributed by atoms with Gasteiger partial charge in [-0.05, 0) is 24.3 Å². The highest BCUT2D eigenvalue weighted by Gasteiger charge is 2.25. The molecule has 0 amide bonds. The molecular formula is C13H14ClN3O2. The molecule has 100 valence electrons. The third-order valence-corrected chi connectivity index (χ3v) is 2.80. The molecule has 0 spiro atoms. The molecule has 1 aromatic carbocycles. The van der Waals surface area contributed by atoms with Gasteiger partial charge in [0, 0.05) is 10.9 Å². The van der Waals surface area contributed by atoms with Gasteiger partial charge in [0.2, 0.25) is 0 Å². The zero-order valence-electron chi connectivity index (χ0n) is 10.7. The topological polar surface area (TPSA) is 57.0 Å². The Labute approximate surface area is 116 Å². The van der Waals surface area contributed by atoms with Crippen molar-refractivity contribution in [2.45, 2.75) is 20.1 Å². The largest absolute Gasteiger partial charge is 0.461 e. The fourth-order valence-electron chi connectivity index (χ4n) is 1.51. The Kier molecular flexibility index (Phi) is 4.16. The van der Waals surface area contributed by atoms with Gasteiger partial charge in [0.05, 0.1) is 0 Å². The van der Waals surface area contributed by atoms with E-state index < -0.39 is 6.23 Å². The smallest absolute Gasteiger partial charge is 0.251 e. The molecular weight excluding hydrogens is 266 g/mol. The number of hydrogen-bond donors (Lipinski definition) is 0. The third kappa shape index (κ3) is 3.32. The van der Waals surface area contributed by atoms with E-state index in [1.54, 1.807) is 24.3 Å². The van der Waals surface area contributed by atoms with Gasteiger partial charge in [-0.15, -0.1) is 0 Å². The Hall–Kier alpha value is -1.88. The van der Waals surface area contributed by atoms with Crippen molar-refractivity contribution in [1.29, 1.82) is 0 Å². The van der Waals surface area contributed by atoms with Crippen LogP contribution >= 0.6 is 11.6 Å². The van der Waals surface area contributed by atoms with Crippen LogP contribution in [-0.2, 0) is 4.79 Å². The Morgan fingerprint density at radius 3 is 2.53 bits per heavy atom. The Balaban J connectivity index is 2.23. The lowest BCUT2D eigenvalue weighted by atomic mass is 10.1. The highest BCUT2D eigenvalue weighted by Crippen LogP contribution is 2.21. The Morgan fingerprint density at radius 2 is 2.00 bits per heavy atom. The molecule has 0 aliphatic rings. The Bertz CT molecular complexity index is 538. The van der Waals surface area contributed by atoms with Crippen molar-refractivity contribution in [3.05, 3.63) is 41.9 Å². The van der Waals surface area contributed by atoms with E-state index in [-0.39, 0.29) is 11.7 Å². The maximum atomic E-state index is 12.2. The molecule has 19 heavy (non-hydrogen) atoms. The molecule has 2 rings (SSSR count). The van der Waals surface area contributed by atoms with Crippen LogP contribution in [0.2, 0.25) is 5.02 Å². The molecule has 1 unspecified atom stereocenters. The van der Waals surface area contributed by atoms with E-state index in [4.69, 9.17) is 16.3 Å². The summed E-state index contributed by atoms with van der Waals surface area (Å²) in [6, 6.07) is 6.82. The zero-order chi connectivity index (χ0) is 13.8. The first kappa shape index (κ1) is 13.5. The summed E-state index contributed by atoms with van der Waals surface area (Å²) in [5.41, 5.74) is 0. The minimum Gasteiger partial charge on any atom is -0.461 e. The van der Waals surface area contributed by atoms with E-state index in [9.17, 15) is 4.79 Å². The number of benzene rings is 1. The van der Waals surface area contributed by atoms with E-state index >= 15 is 0 Å². The number of carbonyl (C=O) groups is 1. The van der Waals surface area contributed by atoms with Crippen LogP contribution in [-0.4, -0.2) is 20.5 Å². The van der Waals surface area contributed by atoms with E-state index in [2.05, 4.69) is 10.1 Å². The molecule has 0 saturated carbocycles. The van der Waals surface area contributed by atoms with Crippen LogP contribution in [0.15, 0.2) is 36.9 Å². The van der Waals surface area contributed by atoms with Crippen LogP contribution < -0.4 is 4.74 Å². The molecule has 0 saturated heterocycles. The molecule has 0 bridgehead atoms. The molecule has 1 atom stereocenters. The maximum absolute atomic E-state index is 12.2. The fourth-order valence-corrected chi connectivity index (χ4v) is 1.63. The van der Waals surface area contributed by atoms with Gasteiger partial charge in [0.15, 0.2) is 5.78 Å². The SMILES string of the molecule is CC(C)C(=O)C(Oc1ccc(Cl)cc1)n1cncn1. The summed E-state index contributed by atoms with van der Waals surface area (Å²) in [5.74, 6) is 0.320. The molecule has 0 N–H and O–H groups in total. The number of rotatable bonds is 5. The number of aromatic nitrogens is 3. The molecule has 0 aliphatic heterocycles. The second-order valence-corrected chi connectivity index (χ2v) is 4.79. The number of nitrogens with zero attached hydrogens (tertiary/aromatic N) is 3. The number of hydrogen-bond acceptors (Lipinski definition) is 4. The standard InChI is InChI=1S/C13H14ClN3O2/c1-9(2)12(18)13(17-8-15-7-16-17)19-11-5-3-10(14)4-6-11/h3-9,13H,1-2H3. The molecule has 0 aliphatic carbocycles. The summed E-state index contributed by atoms with van der Waals surface area (Å²) in [4.78, 5) is 16.0. The second-order valence-electron chi connectivity index (χ2n) is 4.36. The highest BCUT2D eigenvalue weighted by molar-refractivity contribution is 6.30. The lowest BCUT2D eigenvalue weighted by Gasteiger charge is -2.19. The van der Waals surface area contributed by atoms with Crippen molar-refractivity contribution in [3.8, 4) is 5.75 Å². The van der Waals surface area contributed by atoms with E-state index in [0.29, 0.717) is 10.8 Å². The van der Waals surface area contributed by atoms with Gasteiger partial charge >= 0.3 is 0 Å². The van der Waals surface area contributed by atoms with Gasteiger partial charge < -0.3 is 4.74 Å². The average Bonchev–Trinajstić information content (AvgIpc) is 2.91. The predicted molar refractivity (Wildman–Crippen MR) is 71.0 cm³/mol. The number of Topliss-reactive ketones (excluding diaryl/α,β-unsaturated/α-hetero) is 1. The third-order valence-electron chi connectivity index (χ3n) is 2.55. The Morgan fingerprint density at radius 1 is 1.32 bits per heavy atom. The molecule has 1 aromatic heterocycles. The van der Waals surface area contributed by atoms with E-state index in [1.807, 2.05) is 13.8 Å². The van der Waals surface area contributed by atoms with Crippen LogP contribution in [0.3, 0.4) is 0 Å². The van der Waals surface area contributed by atoms with Gasteiger partial charge in [0.25, 0.3) is 6.23 Å². The van der Waals surface area contributed by atoms with Gasteiger partial charge in [-0.25, -0.2) is 9.67 Å². The predicted octanol–water partition coefficient (Wildman–Crippen LogP) is 2.73. The first-order valence-electron chi connectivity index (χ1n) is 5.88.